The van der Waals surface area contributed by atoms with Crippen molar-refractivity contribution in [3.05, 3.63) is 48.0 Å². The standard InChI is InChI=1S/C11H10BrO2S/c12-11(10(13)14)7-6-9(15-11)8-4-2-1-3-5-8/h1-7,10,13-14H/q+1. The molecular weight excluding hydrogens is 276 g/mol. The Balaban J connectivity index is 2.33. The summed E-state index contributed by atoms with van der Waals surface area (Å²) in [7, 11) is 0. The highest BCUT2D eigenvalue weighted by atomic mass is 79.9. The molecule has 78 valence electrons. The van der Waals surface area contributed by atoms with Crippen LogP contribution in [0.25, 0.3) is 0 Å². The molecule has 0 fully saturated rings. The zero-order valence-corrected chi connectivity index (χ0v) is 10.2. The Labute approximate surface area is 100 Å². The second-order valence-electron chi connectivity index (χ2n) is 3.24. The molecule has 1 heterocycles. The highest BCUT2D eigenvalue weighted by Crippen LogP contribution is 2.28. The van der Waals surface area contributed by atoms with Crippen LogP contribution >= 0.6 is 15.9 Å². The fourth-order valence-electron chi connectivity index (χ4n) is 1.32. The third-order valence-corrected chi connectivity index (χ3v) is 4.55. The summed E-state index contributed by atoms with van der Waals surface area (Å²) in [6.45, 7) is 0. The Bertz CT molecular complexity index is 414. The van der Waals surface area contributed by atoms with E-state index in [0.29, 0.717) is 0 Å². The van der Waals surface area contributed by atoms with Crippen LogP contribution in [0.15, 0.2) is 42.5 Å². The van der Waals surface area contributed by atoms with Crippen LogP contribution in [0, 0.1) is 0 Å². The van der Waals surface area contributed by atoms with Gasteiger partial charge >= 0.3 is 3.66 Å². The summed E-state index contributed by atoms with van der Waals surface area (Å²) < 4.78 is -0.807. The summed E-state index contributed by atoms with van der Waals surface area (Å²) in [5.74, 6) is 0. The third-order valence-electron chi connectivity index (χ3n) is 2.14. The van der Waals surface area contributed by atoms with Gasteiger partial charge < -0.3 is 10.2 Å². The van der Waals surface area contributed by atoms with Gasteiger partial charge in [0.15, 0.2) is 0 Å². The lowest BCUT2D eigenvalue weighted by Gasteiger charge is -2.07. The van der Waals surface area contributed by atoms with E-state index in [2.05, 4.69) is 15.9 Å². The molecule has 4 heteroatoms. The van der Waals surface area contributed by atoms with Gasteiger partial charge in [-0.3, -0.25) is 0 Å². The van der Waals surface area contributed by atoms with Crippen molar-refractivity contribution in [1.82, 2.24) is 0 Å². The first kappa shape index (κ1) is 11.0. The molecule has 0 saturated carbocycles. The van der Waals surface area contributed by atoms with Gasteiger partial charge in [-0.05, 0) is 28.1 Å². The molecule has 1 aliphatic rings. The Morgan fingerprint density at radius 2 is 1.87 bits per heavy atom. The molecule has 1 atom stereocenters. The molecule has 0 saturated heterocycles. The van der Waals surface area contributed by atoms with Crippen LogP contribution in [0.5, 0.6) is 0 Å². The molecule has 1 aromatic rings. The molecule has 2 N–H and O–H groups in total. The predicted octanol–water partition coefficient (Wildman–Crippen LogP) is 1.26. The Morgan fingerprint density at radius 1 is 1.20 bits per heavy atom. The van der Waals surface area contributed by atoms with E-state index in [0.717, 1.165) is 10.4 Å². The van der Waals surface area contributed by atoms with Crippen molar-refractivity contribution in [3.63, 3.8) is 0 Å². The van der Waals surface area contributed by atoms with Crippen LogP contribution in [-0.2, 0) is 11.4 Å². The van der Waals surface area contributed by atoms with Gasteiger partial charge in [0.05, 0.1) is 0 Å². The summed E-state index contributed by atoms with van der Waals surface area (Å²) in [6, 6.07) is 9.86. The number of aliphatic hydroxyl groups excluding tert-OH is 1. The monoisotopic (exact) mass is 285 g/mol. The van der Waals surface area contributed by atoms with Crippen molar-refractivity contribution < 1.29 is 10.2 Å². The van der Waals surface area contributed by atoms with Gasteiger partial charge in [-0.1, -0.05) is 18.2 Å². The fraction of sp³-hybridized carbons (Fsp3) is 0.182. The van der Waals surface area contributed by atoms with E-state index in [1.807, 2.05) is 36.4 Å². The Hall–Kier alpha value is -0.550. The first-order chi connectivity index (χ1) is 7.12. The summed E-state index contributed by atoms with van der Waals surface area (Å²) in [6.07, 6.45) is 2.23. The maximum atomic E-state index is 9.20. The molecule has 0 aromatic heterocycles. The minimum Gasteiger partial charge on any atom is -0.362 e. The topological polar surface area (TPSA) is 40.5 Å². The number of allylic oxidation sites excluding steroid dienone is 1. The second-order valence-corrected chi connectivity index (χ2v) is 6.39. The van der Waals surface area contributed by atoms with Gasteiger partial charge in [-0.25, -0.2) is 0 Å². The predicted molar refractivity (Wildman–Crippen MR) is 66.9 cm³/mol. The maximum absolute atomic E-state index is 9.20. The normalized spacial score (nSPS) is 24.7. The molecular formula is C11H10BrO2S+. The van der Waals surface area contributed by atoms with E-state index in [1.54, 1.807) is 6.08 Å². The fourth-order valence-corrected chi connectivity index (χ4v) is 2.95. The maximum Gasteiger partial charge on any atom is 0.316 e. The number of benzene rings is 1. The molecule has 1 unspecified atom stereocenters. The average molecular weight is 286 g/mol. The molecule has 0 radical (unpaired) electrons. The van der Waals surface area contributed by atoms with Crippen LogP contribution in [0.2, 0.25) is 0 Å². The molecule has 1 aliphatic heterocycles. The Morgan fingerprint density at radius 3 is 2.40 bits per heavy atom. The first-order valence-electron chi connectivity index (χ1n) is 4.47. The van der Waals surface area contributed by atoms with Gasteiger partial charge in [-0.15, -0.1) is 0 Å². The zero-order valence-electron chi connectivity index (χ0n) is 7.80. The van der Waals surface area contributed by atoms with Crippen LogP contribution in [-0.4, -0.2) is 25.0 Å². The number of alkyl halides is 1. The van der Waals surface area contributed by atoms with Gasteiger partial charge in [0.1, 0.15) is 0 Å². The lowest BCUT2D eigenvalue weighted by molar-refractivity contribution is -0.0370. The SMILES string of the molecule is OC(O)C1(Br)C=CC(c2ccccc2)=[S+]1. The van der Waals surface area contributed by atoms with Crippen LogP contribution in [0.4, 0.5) is 0 Å². The van der Waals surface area contributed by atoms with Crippen LogP contribution in [0.1, 0.15) is 5.56 Å². The Kier molecular flexibility index (Phi) is 3.02. The number of rotatable bonds is 2. The van der Waals surface area contributed by atoms with E-state index in [-0.39, 0.29) is 0 Å². The quantitative estimate of drug-likeness (QED) is 0.372. The van der Waals surface area contributed by atoms with E-state index in [9.17, 15) is 10.2 Å². The summed E-state index contributed by atoms with van der Waals surface area (Å²) in [5, 5.41) is 18.4. The van der Waals surface area contributed by atoms with E-state index in [4.69, 9.17) is 0 Å². The molecule has 2 nitrogen and oxygen atoms in total. The molecule has 0 amide bonds. The molecule has 0 bridgehead atoms. The number of hydrogen-bond acceptors (Lipinski definition) is 2. The number of aliphatic hydroxyl groups is 2. The molecule has 15 heavy (non-hydrogen) atoms. The lowest BCUT2D eigenvalue weighted by atomic mass is 10.1. The average Bonchev–Trinajstić information content (AvgIpc) is 2.64. The van der Waals surface area contributed by atoms with Crippen molar-refractivity contribution in [2.75, 3.05) is 0 Å². The summed E-state index contributed by atoms with van der Waals surface area (Å²) in [4.78, 5) is 1.03. The van der Waals surface area contributed by atoms with Crippen molar-refractivity contribution in [3.8, 4) is 0 Å². The van der Waals surface area contributed by atoms with E-state index in [1.165, 1.54) is 11.4 Å². The number of hydrogen-bond donors (Lipinski definition) is 2. The van der Waals surface area contributed by atoms with Crippen molar-refractivity contribution >= 4 is 32.1 Å². The molecule has 2 rings (SSSR count). The lowest BCUT2D eigenvalue weighted by Crippen LogP contribution is -2.32. The van der Waals surface area contributed by atoms with Crippen molar-refractivity contribution in [1.29, 1.82) is 0 Å². The van der Waals surface area contributed by atoms with Crippen molar-refractivity contribution in [2.24, 2.45) is 0 Å². The minimum absolute atomic E-state index is 0.807. The second kappa shape index (κ2) is 4.14. The van der Waals surface area contributed by atoms with Crippen LogP contribution in [0.3, 0.4) is 0 Å². The summed E-state index contributed by atoms with van der Waals surface area (Å²) >= 11 is 4.70. The van der Waals surface area contributed by atoms with Gasteiger partial charge in [0.2, 0.25) is 22.5 Å². The molecule has 1 aromatic carbocycles. The van der Waals surface area contributed by atoms with Gasteiger partial charge in [0.25, 0.3) is 0 Å². The van der Waals surface area contributed by atoms with E-state index >= 15 is 0 Å². The van der Waals surface area contributed by atoms with Crippen molar-refractivity contribution in [2.45, 2.75) is 9.95 Å². The highest BCUT2D eigenvalue weighted by Gasteiger charge is 2.47. The van der Waals surface area contributed by atoms with E-state index < -0.39 is 9.95 Å². The zero-order chi connectivity index (χ0) is 10.9. The van der Waals surface area contributed by atoms with Crippen LogP contribution < -0.4 is 0 Å². The largest absolute Gasteiger partial charge is 0.362 e. The van der Waals surface area contributed by atoms with Gasteiger partial charge in [0, 0.05) is 17.7 Å². The molecule has 0 spiro atoms. The smallest absolute Gasteiger partial charge is 0.316 e. The summed E-state index contributed by atoms with van der Waals surface area (Å²) in [5.41, 5.74) is 1.08. The third kappa shape index (κ3) is 2.18. The van der Waals surface area contributed by atoms with Gasteiger partial charge in [-0.2, -0.15) is 0 Å². The first-order valence-corrected chi connectivity index (χ1v) is 6.08. The highest BCUT2D eigenvalue weighted by molar-refractivity contribution is 9.11. The minimum atomic E-state index is -1.42. The molecule has 0 aliphatic carbocycles. The number of halogens is 1.